The maximum absolute atomic E-state index is 13.5. The van der Waals surface area contributed by atoms with Crippen molar-refractivity contribution in [3.63, 3.8) is 0 Å². The predicted molar refractivity (Wildman–Crippen MR) is 146 cm³/mol. The molecule has 5 rings (SSSR count). The molecule has 0 saturated carbocycles. The van der Waals surface area contributed by atoms with Gasteiger partial charge in [-0.25, -0.2) is 0 Å². The highest BCUT2D eigenvalue weighted by molar-refractivity contribution is 8.04. The number of thioether (sulfide) groups is 1. The van der Waals surface area contributed by atoms with Crippen molar-refractivity contribution in [3.05, 3.63) is 99.4 Å². The number of benzene rings is 3. The molecule has 36 heavy (non-hydrogen) atoms. The van der Waals surface area contributed by atoms with Crippen molar-refractivity contribution in [2.45, 2.75) is 24.3 Å². The molecule has 2 heterocycles. The number of halogens is 1. The SMILES string of the molecule is O=C(NCC[NH+]1CCCC1)c1ccc(C=C2Sc3ccccc3N(Cc3cccc(Cl)c3)C2=O)cc1. The van der Waals surface area contributed by atoms with Crippen LogP contribution in [0.2, 0.25) is 5.02 Å². The second kappa shape index (κ2) is 11.3. The fraction of sp³-hybridized carbons (Fsp3) is 0.241. The van der Waals surface area contributed by atoms with Crippen LogP contribution < -0.4 is 15.1 Å². The van der Waals surface area contributed by atoms with E-state index in [0.717, 1.165) is 28.3 Å². The number of rotatable bonds is 7. The molecule has 2 amide bonds. The number of hydrogen-bond acceptors (Lipinski definition) is 3. The van der Waals surface area contributed by atoms with Crippen LogP contribution in [0.25, 0.3) is 6.08 Å². The molecule has 0 atom stereocenters. The third-order valence-electron chi connectivity index (χ3n) is 6.61. The van der Waals surface area contributed by atoms with E-state index in [1.54, 1.807) is 9.80 Å². The summed E-state index contributed by atoms with van der Waals surface area (Å²) in [7, 11) is 0. The first kappa shape index (κ1) is 24.6. The van der Waals surface area contributed by atoms with E-state index in [-0.39, 0.29) is 11.8 Å². The molecule has 3 aromatic carbocycles. The van der Waals surface area contributed by atoms with E-state index in [4.69, 9.17) is 11.6 Å². The lowest BCUT2D eigenvalue weighted by Crippen LogP contribution is -3.10. The van der Waals surface area contributed by atoms with Crippen LogP contribution in [-0.2, 0) is 11.3 Å². The van der Waals surface area contributed by atoms with E-state index in [1.165, 1.54) is 37.7 Å². The maximum atomic E-state index is 13.5. The van der Waals surface area contributed by atoms with Crippen LogP contribution in [0.4, 0.5) is 5.69 Å². The summed E-state index contributed by atoms with van der Waals surface area (Å²) in [6.45, 7) is 4.51. The van der Waals surface area contributed by atoms with Crippen molar-refractivity contribution in [2.24, 2.45) is 0 Å². The van der Waals surface area contributed by atoms with E-state index in [0.29, 0.717) is 28.6 Å². The molecule has 0 radical (unpaired) electrons. The van der Waals surface area contributed by atoms with Crippen LogP contribution in [0.15, 0.2) is 82.6 Å². The van der Waals surface area contributed by atoms with Gasteiger partial charge in [-0.1, -0.05) is 59.8 Å². The number of likely N-dealkylation sites (tertiary alicyclic amines) is 1. The van der Waals surface area contributed by atoms with Gasteiger partial charge in [0.15, 0.2) is 0 Å². The Bertz CT molecular complexity index is 1290. The Morgan fingerprint density at radius 1 is 1.03 bits per heavy atom. The number of anilines is 1. The zero-order valence-corrected chi connectivity index (χ0v) is 21.6. The van der Waals surface area contributed by atoms with Crippen molar-refractivity contribution in [1.82, 2.24) is 5.32 Å². The molecule has 184 valence electrons. The zero-order chi connectivity index (χ0) is 24.9. The predicted octanol–water partition coefficient (Wildman–Crippen LogP) is 4.43. The summed E-state index contributed by atoms with van der Waals surface area (Å²) in [6, 6.07) is 22.9. The lowest BCUT2D eigenvalue weighted by molar-refractivity contribution is -0.886. The first-order valence-corrected chi connectivity index (χ1v) is 13.5. The zero-order valence-electron chi connectivity index (χ0n) is 20.0. The van der Waals surface area contributed by atoms with Crippen LogP contribution in [0, 0.1) is 0 Å². The molecule has 3 aromatic rings. The van der Waals surface area contributed by atoms with Crippen LogP contribution in [0.1, 0.15) is 34.3 Å². The molecule has 0 aliphatic carbocycles. The second-order valence-corrected chi connectivity index (χ2v) is 10.7. The van der Waals surface area contributed by atoms with Gasteiger partial charge in [-0.15, -0.1) is 0 Å². The number of amides is 2. The van der Waals surface area contributed by atoms with E-state index in [1.807, 2.05) is 78.9 Å². The van der Waals surface area contributed by atoms with Crippen LogP contribution in [-0.4, -0.2) is 38.0 Å². The van der Waals surface area contributed by atoms with E-state index < -0.39 is 0 Å². The van der Waals surface area contributed by atoms with Crippen molar-refractivity contribution in [2.75, 3.05) is 31.1 Å². The van der Waals surface area contributed by atoms with Gasteiger partial charge in [0, 0.05) is 28.3 Å². The van der Waals surface area contributed by atoms with Crippen LogP contribution in [0.3, 0.4) is 0 Å². The van der Waals surface area contributed by atoms with Crippen molar-refractivity contribution in [3.8, 4) is 0 Å². The second-order valence-electron chi connectivity index (χ2n) is 9.18. The molecule has 7 heteroatoms. The minimum absolute atomic E-state index is 0.0510. The molecular formula is C29H29ClN3O2S+. The number of nitrogens with zero attached hydrogens (tertiary/aromatic N) is 1. The molecule has 0 aromatic heterocycles. The molecule has 2 aliphatic rings. The highest BCUT2D eigenvalue weighted by Crippen LogP contribution is 2.42. The highest BCUT2D eigenvalue weighted by atomic mass is 35.5. The lowest BCUT2D eigenvalue weighted by Gasteiger charge is -2.30. The first-order chi connectivity index (χ1) is 17.6. The van der Waals surface area contributed by atoms with Gasteiger partial charge in [-0.2, -0.15) is 0 Å². The smallest absolute Gasteiger partial charge is 0.265 e. The Labute approximate surface area is 221 Å². The topological polar surface area (TPSA) is 53.9 Å². The summed E-state index contributed by atoms with van der Waals surface area (Å²) in [5.74, 6) is -0.109. The number of carbonyl (C=O) groups excluding carboxylic acids is 2. The van der Waals surface area contributed by atoms with Gasteiger partial charge in [-0.05, 0) is 53.6 Å². The minimum Gasteiger partial charge on any atom is -0.346 e. The summed E-state index contributed by atoms with van der Waals surface area (Å²) in [5.41, 5.74) is 3.38. The Hall–Kier alpha value is -3.06. The molecule has 2 aliphatic heterocycles. The molecule has 0 unspecified atom stereocenters. The average Bonchev–Trinajstić information content (AvgIpc) is 3.40. The Morgan fingerprint density at radius 3 is 2.58 bits per heavy atom. The average molecular weight is 519 g/mol. The van der Waals surface area contributed by atoms with E-state index >= 15 is 0 Å². The molecule has 0 bridgehead atoms. The van der Waals surface area contributed by atoms with Crippen molar-refractivity contribution >= 4 is 46.9 Å². The number of hydrogen-bond donors (Lipinski definition) is 2. The summed E-state index contributed by atoms with van der Waals surface area (Å²) in [6.07, 6.45) is 4.46. The molecular weight excluding hydrogens is 490 g/mol. The van der Waals surface area contributed by atoms with E-state index in [9.17, 15) is 9.59 Å². The molecule has 1 saturated heterocycles. The minimum atomic E-state index is -0.0578. The summed E-state index contributed by atoms with van der Waals surface area (Å²) >= 11 is 7.65. The van der Waals surface area contributed by atoms with Gasteiger partial charge in [0.1, 0.15) is 0 Å². The number of fused-ring (bicyclic) bond motifs is 1. The quantitative estimate of drug-likeness (QED) is 0.455. The van der Waals surface area contributed by atoms with Gasteiger partial charge in [-0.3, -0.25) is 9.59 Å². The van der Waals surface area contributed by atoms with Crippen LogP contribution >= 0.6 is 23.4 Å². The van der Waals surface area contributed by atoms with Crippen molar-refractivity contribution < 1.29 is 14.5 Å². The van der Waals surface area contributed by atoms with E-state index in [2.05, 4.69) is 5.32 Å². The fourth-order valence-corrected chi connectivity index (χ4v) is 5.97. The summed E-state index contributed by atoms with van der Waals surface area (Å²) < 4.78 is 0. The lowest BCUT2D eigenvalue weighted by atomic mass is 10.1. The fourth-order valence-electron chi connectivity index (χ4n) is 4.70. The summed E-state index contributed by atoms with van der Waals surface area (Å²) in [5, 5.41) is 3.68. The maximum Gasteiger partial charge on any atom is 0.265 e. The van der Waals surface area contributed by atoms with Gasteiger partial charge < -0.3 is 15.1 Å². The Balaban J connectivity index is 1.30. The monoisotopic (exact) mass is 518 g/mol. The molecule has 5 nitrogen and oxygen atoms in total. The molecule has 1 fully saturated rings. The number of quaternary nitrogens is 1. The summed E-state index contributed by atoms with van der Waals surface area (Å²) in [4.78, 5) is 31.1. The Morgan fingerprint density at radius 2 is 1.81 bits per heavy atom. The van der Waals surface area contributed by atoms with Gasteiger partial charge in [0.25, 0.3) is 11.8 Å². The first-order valence-electron chi connectivity index (χ1n) is 12.3. The number of nitrogens with one attached hydrogen (secondary N) is 2. The highest BCUT2D eigenvalue weighted by Gasteiger charge is 2.29. The largest absolute Gasteiger partial charge is 0.346 e. The number of carbonyl (C=O) groups is 2. The van der Waals surface area contributed by atoms with Gasteiger partial charge >= 0.3 is 0 Å². The standard InChI is InChI=1S/C29H28ClN3O2S/c30-24-7-5-6-22(18-24)20-33-25-8-1-2-9-26(25)36-27(29(33)35)19-21-10-12-23(13-11-21)28(34)31-14-17-32-15-3-4-16-32/h1-2,5-13,18-19H,3-4,14-17,20H2,(H,31,34)/p+1. The normalized spacial score (nSPS) is 16.9. The molecule has 2 N–H and O–H groups in total. The van der Waals surface area contributed by atoms with Crippen LogP contribution in [0.5, 0.6) is 0 Å². The molecule has 0 spiro atoms. The number of para-hydroxylation sites is 1. The van der Waals surface area contributed by atoms with Gasteiger partial charge in [0.05, 0.1) is 43.3 Å². The third kappa shape index (κ3) is 5.84. The third-order valence-corrected chi connectivity index (χ3v) is 7.92. The van der Waals surface area contributed by atoms with Crippen molar-refractivity contribution in [1.29, 1.82) is 0 Å². The van der Waals surface area contributed by atoms with Gasteiger partial charge in [0.2, 0.25) is 0 Å². The Kier molecular flexibility index (Phi) is 7.75.